The Hall–Kier alpha value is -2.65. The molecule has 0 radical (unpaired) electrons. The molecular formula is C19H17BrN2O5S. The summed E-state index contributed by atoms with van der Waals surface area (Å²) >= 11 is 4.49. The second-order valence-electron chi connectivity index (χ2n) is 5.83. The third-order valence-electron chi connectivity index (χ3n) is 3.82. The number of rotatable bonds is 6. The molecule has 0 spiro atoms. The number of H-pyrrole nitrogens is 1. The van der Waals surface area contributed by atoms with E-state index in [0.29, 0.717) is 19.9 Å². The van der Waals surface area contributed by atoms with Crippen molar-refractivity contribution in [1.29, 1.82) is 0 Å². The number of aromatic nitrogens is 1. The first-order valence-electron chi connectivity index (χ1n) is 8.41. The number of carbonyl (C=O) groups is 3. The number of benzene rings is 1. The van der Waals surface area contributed by atoms with Crippen LogP contribution in [0.25, 0.3) is 10.9 Å². The number of aromatic amines is 1. The van der Waals surface area contributed by atoms with Crippen LogP contribution in [-0.2, 0) is 14.3 Å². The number of ether oxygens (including phenoxy) is 2. The molecule has 0 aliphatic heterocycles. The molecule has 7 nitrogen and oxygen atoms in total. The minimum absolute atomic E-state index is 0.241. The molecule has 1 aromatic carbocycles. The van der Waals surface area contributed by atoms with E-state index in [2.05, 4.69) is 26.2 Å². The molecule has 0 aliphatic rings. The van der Waals surface area contributed by atoms with Gasteiger partial charge >= 0.3 is 11.9 Å². The molecule has 2 N–H and O–H groups in total. The minimum Gasteiger partial charge on any atom is -0.462 e. The average Bonchev–Trinajstić information content (AvgIpc) is 3.20. The summed E-state index contributed by atoms with van der Waals surface area (Å²) < 4.78 is 10.7. The maximum Gasteiger partial charge on any atom is 0.356 e. The van der Waals surface area contributed by atoms with Gasteiger partial charge in [-0.3, -0.25) is 4.79 Å². The van der Waals surface area contributed by atoms with Crippen LogP contribution < -0.4 is 5.32 Å². The van der Waals surface area contributed by atoms with Gasteiger partial charge in [0, 0.05) is 10.9 Å². The second-order valence-corrected chi connectivity index (χ2v) is 7.67. The summed E-state index contributed by atoms with van der Waals surface area (Å²) in [6, 6.07) is 9.08. The molecule has 2 aromatic heterocycles. The fourth-order valence-corrected chi connectivity index (χ4v) is 4.16. The van der Waals surface area contributed by atoms with Crippen LogP contribution >= 0.6 is 27.3 Å². The number of thiophene rings is 1. The van der Waals surface area contributed by atoms with Crippen LogP contribution in [0.2, 0.25) is 0 Å². The highest BCUT2D eigenvalue weighted by atomic mass is 79.9. The van der Waals surface area contributed by atoms with Gasteiger partial charge in [-0.05, 0) is 47.5 Å². The molecule has 9 heteroatoms. The minimum atomic E-state index is -0.646. The third kappa shape index (κ3) is 4.26. The van der Waals surface area contributed by atoms with Crippen molar-refractivity contribution in [3.8, 4) is 0 Å². The van der Waals surface area contributed by atoms with Gasteiger partial charge in [0.25, 0.3) is 5.91 Å². The predicted molar refractivity (Wildman–Crippen MR) is 110 cm³/mol. The summed E-state index contributed by atoms with van der Waals surface area (Å²) in [4.78, 5) is 39.6. The zero-order valence-corrected chi connectivity index (χ0v) is 17.5. The van der Waals surface area contributed by atoms with E-state index in [9.17, 15) is 14.4 Å². The normalized spacial score (nSPS) is 10.7. The number of carbonyl (C=O) groups excluding carboxylic acids is 3. The van der Waals surface area contributed by atoms with Gasteiger partial charge in [0.2, 0.25) is 0 Å². The molecule has 0 aliphatic carbocycles. The third-order valence-corrected chi connectivity index (χ3v) is 5.78. The first kappa shape index (κ1) is 20.1. The highest BCUT2D eigenvalue weighted by Gasteiger charge is 2.19. The highest BCUT2D eigenvalue weighted by Crippen LogP contribution is 2.29. The Morgan fingerprint density at radius 2 is 1.93 bits per heavy atom. The molecule has 1 amide bonds. The second kappa shape index (κ2) is 8.57. The molecular weight excluding hydrogens is 448 g/mol. The summed E-state index contributed by atoms with van der Waals surface area (Å²) in [6.45, 7) is 3.30. The lowest BCUT2D eigenvalue weighted by molar-refractivity contribution is -0.119. The highest BCUT2D eigenvalue weighted by molar-refractivity contribution is 9.10. The van der Waals surface area contributed by atoms with Crippen molar-refractivity contribution in [3.05, 3.63) is 50.9 Å². The molecule has 0 atom stereocenters. The van der Waals surface area contributed by atoms with E-state index in [1.165, 1.54) is 0 Å². The number of fused-ring (bicyclic) bond motifs is 1. The maximum absolute atomic E-state index is 12.3. The monoisotopic (exact) mass is 464 g/mol. The SMILES string of the molecule is CCOC(=O)c1sc(NC(=O)COC(=O)c2[nH]c3ccccc3c2Br)cc1C. The van der Waals surface area contributed by atoms with Crippen molar-refractivity contribution in [2.75, 3.05) is 18.5 Å². The molecule has 3 rings (SSSR count). The van der Waals surface area contributed by atoms with Gasteiger partial charge in [-0.1, -0.05) is 18.2 Å². The van der Waals surface area contributed by atoms with Crippen molar-refractivity contribution >= 4 is 61.0 Å². The Bertz CT molecular complexity index is 1060. The van der Waals surface area contributed by atoms with Crippen molar-refractivity contribution in [3.63, 3.8) is 0 Å². The number of para-hydroxylation sites is 1. The molecule has 146 valence electrons. The molecule has 3 aromatic rings. The van der Waals surface area contributed by atoms with Crippen LogP contribution in [0.1, 0.15) is 32.6 Å². The summed E-state index contributed by atoms with van der Waals surface area (Å²) in [7, 11) is 0. The fraction of sp³-hybridized carbons (Fsp3) is 0.211. The number of amides is 1. The van der Waals surface area contributed by atoms with E-state index in [-0.39, 0.29) is 12.3 Å². The molecule has 0 fully saturated rings. The molecule has 2 heterocycles. The van der Waals surface area contributed by atoms with E-state index >= 15 is 0 Å². The average molecular weight is 465 g/mol. The largest absolute Gasteiger partial charge is 0.462 e. The summed E-state index contributed by atoms with van der Waals surface area (Å²) in [5.41, 5.74) is 1.73. The smallest absolute Gasteiger partial charge is 0.356 e. The van der Waals surface area contributed by atoms with Crippen molar-refractivity contribution in [2.45, 2.75) is 13.8 Å². The Balaban J connectivity index is 1.61. The van der Waals surface area contributed by atoms with E-state index in [1.54, 1.807) is 19.9 Å². The van der Waals surface area contributed by atoms with Gasteiger partial charge in [-0.2, -0.15) is 0 Å². The van der Waals surface area contributed by atoms with Crippen LogP contribution in [0.4, 0.5) is 5.00 Å². The lowest BCUT2D eigenvalue weighted by Gasteiger charge is -2.04. The number of hydrogen-bond donors (Lipinski definition) is 2. The zero-order valence-electron chi connectivity index (χ0n) is 15.1. The van der Waals surface area contributed by atoms with E-state index < -0.39 is 24.5 Å². The number of halogens is 1. The van der Waals surface area contributed by atoms with Crippen molar-refractivity contribution < 1.29 is 23.9 Å². The van der Waals surface area contributed by atoms with Gasteiger partial charge in [0.15, 0.2) is 6.61 Å². The van der Waals surface area contributed by atoms with E-state index in [0.717, 1.165) is 22.2 Å². The summed E-state index contributed by atoms with van der Waals surface area (Å²) in [5.74, 6) is -1.58. The number of aryl methyl sites for hydroxylation is 1. The lowest BCUT2D eigenvalue weighted by Crippen LogP contribution is -2.20. The summed E-state index contributed by atoms with van der Waals surface area (Å²) in [6.07, 6.45) is 0. The molecule has 28 heavy (non-hydrogen) atoms. The van der Waals surface area contributed by atoms with E-state index in [4.69, 9.17) is 9.47 Å². The summed E-state index contributed by atoms with van der Waals surface area (Å²) in [5, 5.41) is 3.95. The van der Waals surface area contributed by atoms with Gasteiger partial charge in [0.1, 0.15) is 10.6 Å². The first-order valence-corrected chi connectivity index (χ1v) is 10.0. The van der Waals surface area contributed by atoms with Crippen LogP contribution in [0.15, 0.2) is 34.8 Å². The quantitative estimate of drug-likeness (QED) is 0.530. The fourth-order valence-electron chi connectivity index (χ4n) is 2.57. The van der Waals surface area contributed by atoms with Gasteiger partial charge in [0.05, 0.1) is 16.1 Å². The number of hydrogen-bond acceptors (Lipinski definition) is 6. The molecule has 0 bridgehead atoms. The predicted octanol–water partition coefficient (Wildman–Crippen LogP) is 4.27. The van der Waals surface area contributed by atoms with Gasteiger partial charge < -0.3 is 19.8 Å². The standard InChI is InChI=1S/C19H17BrN2O5S/c1-3-26-19(25)17-10(2)8-14(28-17)22-13(23)9-27-18(24)16-15(20)11-6-4-5-7-12(11)21-16/h4-8,21H,3,9H2,1-2H3,(H,22,23). The Morgan fingerprint density at radius 3 is 2.64 bits per heavy atom. The number of esters is 2. The Kier molecular flexibility index (Phi) is 6.15. The topological polar surface area (TPSA) is 97.5 Å². The zero-order chi connectivity index (χ0) is 20.3. The Morgan fingerprint density at radius 1 is 1.18 bits per heavy atom. The van der Waals surface area contributed by atoms with Crippen LogP contribution in [-0.4, -0.2) is 36.0 Å². The molecule has 0 unspecified atom stereocenters. The number of nitrogens with one attached hydrogen (secondary N) is 2. The van der Waals surface area contributed by atoms with Crippen LogP contribution in [0, 0.1) is 6.92 Å². The van der Waals surface area contributed by atoms with Crippen LogP contribution in [0.5, 0.6) is 0 Å². The van der Waals surface area contributed by atoms with Gasteiger partial charge in [-0.25, -0.2) is 9.59 Å². The maximum atomic E-state index is 12.3. The van der Waals surface area contributed by atoms with E-state index in [1.807, 2.05) is 24.3 Å². The molecule has 0 saturated heterocycles. The first-order chi connectivity index (χ1) is 13.4. The van der Waals surface area contributed by atoms with Crippen molar-refractivity contribution in [1.82, 2.24) is 4.98 Å². The molecule has 0 saturated carbocycles. The van der Waals surface area contributed by atoms with Crippen molar-refractivity contribution in [2.24, 2.45) is 0 Å². The van der Waals surface area contributed by atoms with Gasteiger partial charge in [-0.15, -0.1) is 11.3 Å². The van der Waals surface area contributed by atoms with Crippen LogP contribution in [0.3, 0.4) is 0 Å². The number of anilines is 1. The lowest BCUT2D eigenvalue weighted by atomic mass is 10.2. The Labute approximate surface area is 173 Å².